The Bertz CT molecular complexity index is 327. The lowest BCUT2D eigenvalue weighted by molar-refractivity contribution is 0.182. The Labute approximate surface area is 97.3 Å². The number of aliphatic hydroxyl groups excluding tert-OH is 1. The lowest BCUT2D eigenvalue weighted by atomic mass is 9.79. The molecule has 1 aliphatic carbocycles. The van der Waals surface area contributed by atoms with Crippen LogP contribution in [0.1, 0.15) is 37.2 Å². The molecule has 1 aromatic rings. The second-order valence-electron chi connectivity index (χ2n) is 4.68. The van der Waals surface area contributed by atoms with E-state index in [-0.39, 0.29) is 0 Å². The zero-order chi connectivity index (χ0) is 11.4. The molecule has 2 rings (SSSR count). The zero-order valence-electron chi connectivity index (χ0n) is 9.86. The van der Waals surface area contributed by atoms with E-state index in [0.29, 0.717) is 18.4 Å². The third-order valence-electron chi connectivity index (χ3n) is 3.67. The Morgan fingerprint density at radius 2 is 2.00 bits per heavy atom. The first-order valence-electron chi connectivity index (χ1n) is 6.08. The van der Waals surface area contributed by atoms with Crippen LogP contribution in [0.5, 0.6) is 5.75 Å². The molecular formula is C14H20O2. The van der Waals surface area contributed by atoms with Crippen molar-refractivity contribution in [3.8, 4) is 5.75 Å². The number of aliphatic hydroxyl groups is 1. The topological polar surface area (TPSA) is 29.5 Å². The lowest BCUT2D eigenvalue weighted by Gasteiger charge is -2.27. The van der Waals surface area contributed by atoms with Gasteiger partial charge in [0.15, 0.2) is 0 Å². The first kappa shape index (κ1) is 11.5. The van der Waals surface area contributed by atoms with Gasteiger partial charge in [-0.15, -0.1) is 0 Å². The summed E-state index contributed by atoms with van der Waals surface area (Å²) in [6.07, 6.45) is 4.69. The smallest absolute Gasteiger partial charge is 0.119 e. The highest BCUT2D eigenvalue weighted by Gasteiger charge is 2.21. The van der Waals surface area contributed by atoms with Crippen molar-refractivity contribution in [1.29, 1.82) is 0 Å². The Morgan fingerprint density at radius 3 is 2.62 bits per heavy atom. The highest BCUT2D eigenvalue weighted by Crippen LogP contribution is 2.36. The van der Waals surface area contributed by atoms with Gasteiger partial charge in [-0.1, -0.05) is 12.1 Å². The molecule has 1 aliphatic rings. The molecule has 1 fully saturated rings. The minimum atomic E-state index is 0.352. The van der Waals surface area contributed by atoms with Crippen LogP contribution in [0.25, 0.3) is 0 Å². The first-order chi connectivity index (χ1) is 7.83. The van der Waals surface area contributed by atoms with Gasteiger partial charge in [0.25, 0.3) is 0 Å². The normalized spacial score (nSPS) is 25.4. The summed E-state index contributed by atoms with van der Waals surface area (Å²) in [7, 11) is 1.71. The van der Waals surface area contributed by atoms with Gasteiger partial charge >= 0.3 is 0 Å². The molecule has 2 nitrogen and oxygen atoms in total. The molecule has 1 aromatic carbocycles. The predicted molar refractivity (Wildman–Crippen MR) is 64.8 cm³/mol. The average Bonchev–Trinajstić information content (AvgIpc) is 2.39. The van der Waals surface area contributed by atoms with Gasteiger partial charge in [0, 0.05) is 6.61 Å². The van der Waals surface area contributed by atoms with Crippen molar-refractivity contribution >= 4 is 0 Å². The number of benzene rings is 1. The number of rotatable bonds is 3. The van der Waals surface area contributed by atoms with Gasteiger partial charge in [-0.2, -0.15) is 0 Å². The number of methoxy groups -OCH3 is 1. The van der Waals surface area contributed by atoms with Gasteiger partial charge in [0.1, 0.15) is 5.75 Å². The molecule has 0 aliphatic heterocycles. The second-order valence-corrected chi connectivity index (χ2v) is 4.68. The number of ether oxygens (including phenoxy) is 1. The lowest BCUT2D eigenvalue weighted by Crippen LogP contribution is -2.16. The van der Waals surface area contributed by atoms with E-state index in [0.717, 1.165) is 18.6 Å². The highest BCUT2D eigenvalue weighted by molar-refractivity contribution is 5.31. The van der Waals surface area contributed by atoms with E-state index in [9.17, 15) is 0 Å². The Kier molecular flexibility index (Phi) is 3.83. The highest BCUT2D eigenvalue weighted by atomic mass is 16.5. The van der Waals surface area contributed by atoms with Crippen molar-refractivity contribution in [3.63, 3.8) is 0 Å². The van der Waals surface area contributed by atoms with E-state index in [1.807, 2.05) is 6.07 Å². The van der Waals surface area contributed by atoms with Crippen LogP contribution in [-0.2, 0) is 0 Å². The Balaban J connectivity index is 2.02. The van der Waals surface area contributed by atoms with Crippen LogP contribution in [-0.4, -0.2) is 18.8 Å². The second kappa shape index (κ2) is 5.35. The van der Waals surface area contributed by atoms with E-state index in [1.54, 1.807) is 7.11 Å². The largest absolute Gasteiger partial charge is 0.497 e. The molecule has 0 spiro atoms. The fourth-order valence-corrected chi connectivity index (χ4v) is 2.57. The summed E-state index contributed by atoms with van der Waals surface area (Å²) < 4.78 is 5.25. The average molecular weight is 220 g/mol. The van der Waals surface area contributed by atoms with Crippen LogP contribution in [0.3, 0.4) is 0 Å². The van der Waals surface area contributed by atoms with Crippen molar-refractivity contribution < 1.29 is 9.84 Å². The van der Waals surface area contributed by atoms with E-state index >= 15 is 0 Å². The molecule has 1 N–H and O–H groups in total. The number of hydrogen-bond acceptors (Lipinski definition) is 2. The summed E-state index contributed by atoms with van der Waals surface area (Å²) in [5, 5.41) is 9.11. The standard InChI is InChI=1S/C14H20O2/c1-16-14-4-2-3-13(9-14)12-7-5-11(10-15)6-8-12/h2-4,9,11-12,15H,5-8,10H2,1H3. The molecule has 2 heteroatoms. The molecule has 0 bridgehead atoms. The molecule has 0 atom stereocenters. The maximum absolute atomic E-state index is 9.11. The minimum Gasteiger partial charge on any atom is -0.497 e. The van der Waals surface area contributed by atoms with Crippen molar-refractivity contribution in [2.24, 2.45) is 5.92 Å². The molecule has 0 unspecified atom stereocenters. The molecule has 88 valence electrons. The molecule has 0 aromatic heterocycles. The van der Waals surface area contributed by atoms with Gasteiger partial charge < -0.3 is 9.84 Å². The summed E-state index contributed by atoms with van der Waals surface area (Å²) in [6.45, 7) is 0.352. The molecule has 16 heavy (non-hydrogen) atoms. The molecule has 0 heterocycles. The van der Waals surface area contributed by atoms with Crippen LogP contribution < -0.4 is 4.74 Å². The molecule has 0 saturated heterocycles. The van der Waals surface area contributed by atoms with Crippen LogP contribution in [0.2, 0.25) is 0 Å². The van der Waals surface area contributed by atoms with E-state index in [2.05, 4.69) is 18.2 Å². The Hall–Kier alpha value is -1.02. The molecule has 0 radical (unpaired) electrons. The van der Waals surface area contributed by atoms with Crippen LogP contribution >= 0.6 is 0 Å². The molecule has 0 amide bonds. The van der Waals surface area contributed by atoms with Gasteiger partial charge in [-0.05, 0) is 55.2 Å². The van der Waals surface area contributed by atoms with Gasteiger partial charge in [0.05, 0.1) is 7.11 Å². The van der Waals surface area contributed by atoms with Gasteiger partial charge in [-0.25, -0.2) is 0 Å². The van der Waals surface area contributed by atoms with Crippen molar-refractivity contribution in [1.82, 2.24) is 0 Å². The van der Waals surface area contributed by atoms with Crippen molar-refractivity contribution in [3.05, 3.63) is 29.8 Å². The SMILES string of the molecule is COc1cccc(C2CCC(CO)CC2)c1. The maximum atomic E-state index is 9.11. The van der Waals surface area contributed by atoms with Crippen molar-refractivity contribution in [2.75, 3.05) is 13.7 Å². The minimum absolute atomic E-state index is 0.352. The fourth-order valence-electron chi connectivity index (χ4n) is 2.57. The summed E-state index contributed by atoms with van der Waals surface area (Å²) in [6, 6.07) is 8.38. The number of hydrogen-bond donors (Lipinski definition) is 1. The van der Waals surface area contributed by atoms with Gasteiger partial charge in [-0.3, -0.25) is 0 Å². The predicted octanol–water partition coefficient (Wildman–Crippen LogP) is 2.96. The summed E-state index contributed by atoms with van der Waals surface area (Å²) >= 11 is 0. The van der Waals surface area contributed by atoms with E-state index in [4.69, 9.17) is 9.84 Å². The van der Waals surface area contributed by atoms with E-state index < -0.39 is 0 Å². The molecule has 1 saturated carbocycles. The molecular weight excluding hydrogens is 200 g/mol. The zero-order valence-corrected chi connectivity index (χ0v) is 9.86. The fraction of sp³-hybridized carbons (Fsp3) is 0.571. The quantitative estimate of drug-likeness (QED) is 0.848. The third kappa shape index (κ3) is 2.56. The van der Waals surface area contributed by atoms with Crippen LogP contribution in [0.15, 0.2) is 24.3 Å². The summed E-state index contributed by atoms with van der Waals surface area (Å²) in [5.41, 5.74) is 1.38. The van der Waals surface area contributed by atoms with Crippen LogP contribution in [0.4, 0.5) is 0 Å². The van der Waals surface area contributed by atoms with Crippen molar-refractivity contribution in [2.45, 2.75) is 31.6 Å². The monoisotopic (exact) mass is 220 g/mol. The summed E-state index contributed by atoms with van der Waals surface area (Å²) in [4.78, 5) is 0. The Morgan fingerprint density at radius 1 is 1.25 bits per heavy atom. The van der Waals surface area contributed by atoms with E-state index in [1.165, 1.54) is 18.4 Å². The van der Waals surface area contributed by atoms with Gasteiger partial charge in [0.2, 0.25) is 0 Å². The van der Waals surface area contributed by atoms with Crippen LogP contribution in [0, 0.1) is 5.92 Å². The summed E-state index contributed by atoms with van der Waals surface area (Å²) in [5.74, 6) is 2.13. The maximum Gasteiger partial charge on any atom is 0.119 e. The first-order valence-corrected chi connectivity index (χ1v) is 6.08. The third-order valence-corrected chi connectivity index (χ3v) is 3.67.